The Morgan fingerprint density at radius 1 is 0.199 bits per heavy atom. The van der Waals surface area contributed by atoms with Crippen molar-refractivity contribution in [2.24, 2.45) is 0 Å². The van der Waals surface area contributed by atoms with Crippen molar-refractivity contribution < 1.29 is 0 Å². The van der Waals surface area contributed by atoms with Gasteiger partial charge < -0.3 is 24.2 Å². The Labute approximate surface area is 880 Å². The van der Waals surface area contributed by atoms with Crippen molar-refractivity contribution in [1.82, 2.24) is 4.57 Å². The Kier molecular flexibility index (Phi) is 20.4. The number of hydrogen-bond acceptors (Lipinski definition) is 10. The second-order valence-corrected chi connectivity index (χ2v) is 53.9. The molecule has 0 atom stereocenters. The van der Waals surface area contributed by atoms with Gasteiger partial charge in [0, 0.05) is 96.2 Å². The Morgan fingerprint density at radius 2 is 0.452 bits per heavy atom. The van der Waals surface area contributed by atoms with E-state index in [1.54, 1.807) is 0 Å². The lowest BCUT2D eigenvalue weighted by Gasteiger charge is -2.43. The largest absolute Gasteiger partial charge is 0.318 e. The van der Waals surface area contributed by atoms with Crippen molar-refractivity contribution in [2.75, 3.05) is 19.6 Å². The number of para-hydroxylation sites is 8. The molecule has 31 rings (SSSR count). The zero-order chi connectivity index (χ0) is 97.5. The van der Waals surface area contributed by atoms with Crippen LogP contribution in [0.1, 0.15) is 74.9 Å². The van der Waals surface area contributed by atoms with Gasteiger partial charge in [-0.3, -0.25) is 0 Å². The Hall–Kier alpha value is -14.1. The van der Waals surface area contributed by atoms with Crippen LogP contribution in [0.25, 0.3) is 105 Å². The quantitative estimate of drug-likeness (QED) is 0.149. The zero-order valence-electron chi connectivity index (χ0n) is 82.0. The highest BCUT2D eigenvalue weighted by atomic mass is 32.2. The summed E-state index contributed by atoms with van der Waals surface area (Å²) in [6.45, 7) is 19.3. The maximum atomic E-state index is 2.55. The van der Waals surface area contributed by atoms with Crippen LogP contribution >= 0.6 is 69.7 Å². The fourth-order valence-corrected chi connectivity index (χ4v) is 37.2. The van der Waals surface area contributed by atoms with E-state index in [-0.39, 0.29) is 16.2 Å². The molecule has 1 aromatic heterocycles. The van der Waals surface area contributed by atoms with E-state index in [9.17, 15) is 0 Å². The molecule has 10 aliphatic rings. The molecule has 5 nitrogen and oxygen atoms in total. The molecule has 694 valence electrons. The third kappa shape index (κ3) is 13.5. The average Bonchev–Trinajstić information content (AvgIpc) is 0.899. The normalized spacial score (nSPS) is 15.5. The molecule has 0 unspecified atom stereocenters. The van der Waals surface area contributed by atoms with Crippen LogP contribution in [0, 0.1) is 0 Å². The van der Waals surface area contributed by atoms with Gasteiger partial charge >= 0.3 is 15.8 Å². The smallest absolute Gasteiger partial charge is 0.311 e. The van der Waals surface area contributed by atoms with Gasteiger partial charge in [-0.05, 0) is 308 Å². The summed E-state index contributed by atoms with van der Waals surface area (Å²) in [6, 6.07) is 164. The molecule has 21 aromatic rings. The number of rotatable bonds is 6. The standard InChI is InChI=1S/C54H41BN2S2.C45H31BN2S2.C32H24BNS2Si/c1-53(2)42-20-10-12-22-46(42)56(36-16-6-5-7-17-36)48-28-26-34(30-44(48)53)35-27-29-49-45(31-35)54(3,4)43-21-11-13-23-47(43)57(49)37-32-40-38-18-8-14-24-50(38)58-55-52(40)41(33-37)39-19-9-15-25-51(39)59-55;1-45(2)36-17-7-10-20-40(36)48(41-24-23-28(27-37(41)45)47-38-18-8-3-13-30(38)31-14-4-9-19-39(31)47)29-25-34-32-15-5-11-21-42(32)49-46-44(34)35(26-29)33-16-6-12-22-43(33)50-46;1-37(2)30-17-9-5-13-26(30)34(27-14-6-10-18-31(27)37)21-19-24-22-11-3-7-15-28(22)35-33-32(24)25(20-21)23-12-4-8-16-29(23)36-33/h5-33H,1-4H3;3-27H,1-2H3;3-20H,1-2H3. The Balaban J connectivity index is 0.000000106. The van der Waals surface area contributed by atoms with Crippen LogP contribution in [0.3, 0.4) is 0 Å². The van der Waals surface area contributed by atoms with E-state index in [1.807, 2.05) is 69.7 Å². The van der Waals surface area contributed by atoms with Gasteiger partial charge in [-0.25, -0.2) is 0 Å². The second kappa shape index (κ2) is 33.7. The highest BCUT2D eigenvalue weighted by Gasteiger charge is 2.48. The van der Waals surface area contributed by atoms with Crippen LogP contribution in [0.2, 0.25) is 13.1 Å². The molecule has 0 saturated heterocycles. The molecule has 0 aliphatic carbocycles. The maximum absolute atomic E-state index is 2.55. The zero-order valence-corrected chi connectivity index (χ0v) is 87.9. The third-order valence-corrected chi connectivity index (χ3v) is 44.1. The first-order chi connectivity index (χ1) is 71.4. The lowest BCUT2D eigenvalue weighted by Crippen LogP contribution is -2.58. The molecule has 0 spiro atoms. The van der Waals surface area contributed by atoms with Gasteiger partial charge in [0.25, 0.3) is 0 Å². The van der Waals surface area contributed by atoms with Crippen molar-refractivity contribution in [2.45, 2.75) is 100 Å². The average molecular weight is 1990 g/mol. The summed E-state index contributed by atoms with van der Waals surface area (Å²) >= 11 is 12.0. The summed E-state index contributed by atoms with van der Waals surface area (Å²) in [6.07, 6.45) is 0. The lowest BCUT2D eigenvalue weighted by molar-refractivity contribution is 0.631. The number of fused-ring (bicyclic) bond motifs is 23. The summed E-state index contributed by atoms with van der Waals surface area (Å²) < 4.78 is 2.44. The molecule has 20 aromatic carbocycles. The number of anilines is 12. The van der Waals surface area contributed by atoms with Gasteiger partial charge in [-0.15, -0.1) is 0 Å². The van der Waals surface area contributed by atoms with Crippen molar-refractivity contribution in [1.29, 1.82) is 0 Å². The minimum atomic E-state index is -1.82. The molecule has 11 heterocycles. The second-order valence-electron chi connectivity index (χ2n) is 41.8. The number of benzene rings is 20. The first-order valence-corrected chi connectivity index (χ1v) is 59.0. The van der Waals surface area contributed by atoms with Crippen molar-refractivity contribution >= 4 is 210 Å². The highest BCUT2D eigenvalue weighted by Crippen LogP contribution is 2.62. The van der Waals surface area contributed by atoms with E-state index in [2.05, 4.69) is 516 Å². The van der Waals surface area contributed by atoms with Crippen molar-refractivity contribution in [3.63, 3.8) is 0 Å². The highest BCUT2D eigenvalue weighted by molar-refractivity contribution is 8.57. The maximum Gasteiger partial charge on any atom is 0.318 e. The van der Waals surface area contributed by atoms with Crippen LogP contribution in [-0.4, -0.2) is 28.5 Å². The summed E-state index contributed by atoms with van der Waals surface area (Å²) in [5.41, 5.74) is 49.0. The molecule has 15 heteroatoms. The number of aromatic nitrogens is 1. The van der Waals surface area contributed by atoms with E-state index in [4.69, 9.17) is 0 Å². The molecule has 146 heavy (non-hydrogen) atoms. The van der Waals surface area contributed by atoms with Gasteiger partial charge in [0.2, 0.25) is 0 Å². The summed E-state index contributed by atoms with van der Waals surface area (Å²) in [5, 5.41) is 6.59. The summed E-state index contributed by atoms with van der Waals surface area (Å²) in [4.78, 5) is 18.2. The molecule has 0 radical (unpaired) electrons. The summed E-state index contributed by atoms with van der Waals surface area (Å²) in [5.74, 6) is 0. The number of hydrogen-bond donors (Lipinski definition) is 0. The minimum absolute atomic E-state index is 0.184. The van der Waals surface area contributed by atoms with E-state index < -0.39 is 8.07 Å². The molecule has 0 N–H and O–H groups in total. The van der Waals surface area contributed by atoms with Crippen LogP contribution in [-0.2, 0) is 16.2 Å². The predicted molar refractivity (Wildman–Crippen MR) is 635 cm³/mol. The van der Waals surface area contributed by atoms with Crippen molar-refractivity contribution in [3.8, 4) is 83.6 Å². The van der Waals surface area contributed by atoms with E-state index in [0.717, 1.165) is 0 Å². The number of nitrogens with zero attached hydrogens (tertiary/aromatic N) is 5. The molecular formula is C131H96B3N5S6Si. The van der Waals surface area contributed by atoms with E-state index in [0.29, 0.717) is 15.8 Å². The topological polar surface area (TPSA) is 17.9 Å². The fourth-order valence-electron chi connectivity index (χ4n) is 25.4. The summed E-state index contributed by atoms with van der Waals surface area (Å²) in [7, 11) is -1.82. The first kappa shape index (κ1) is 88.4. The molecule has 10 aliphatic heterocycles. The van der Waals surface area contributed by atoms with Gasteiger partial charge in [-0.1, -0.05) is 322 Å². The Morgan fingerprint density at radius 3 is 0.795 bits per heavy atom. The van der Waals surface area contributed by atoms with Crippen LogP contribution in [0.15, 0.2) is 466 Å². The van der Waals surface area contributed by atoms with Crippen LogP contribution in [0.4, 0.5) is 68.2 Å². The van der Waals surface area contributed by atoms with E-state index in [1.165, 1.54) is 263 Å². The van der Waals surface area contributed by atoms with Gasteiger partial charge in [0.15, 0.2) is 0 Å². The Bertz CT molecular complexity index is 8830. The van der Waals surface area contributed by atoms with Crippen LogP contribution < -0.4 is 46.4 Å². The van der Waals surface area contributed by atoms with Gasteiger partial charge in [0.1, 0.15) is 8.07 Å². The van der Waals surface area contributed by atoms with Gasteiger partial charge in [-0.2, -0.15) is 69.7 Å². The molecule has 0 amide bonds. The van der Waals surface area contributed by atoms with E-state index >= 15 is 0 Å². The molecule has 0 saturated carbocycles. The fraction of sp³-hybridized carbons (Fsp3) is 0.0840. The monoisotopic (exact) mass is 1990 g/mol. The predicted octanol–water partition coefficient (Wildman–Crippen LogP) is 34.5. The lowest BCUT2D eigenvalue weighted by atomic mass is 9.71. The third-order valence-electron chi connectivity index (χ3n) is 32.4. The van der Waals surface area contributed by atoms with Crippen LogP contribution in [0.5, 0.6) is 0 Å². The van der Waals surface area contributed by atoms with Gasteiger partial charge in [0.05, 0.1) is 45.2 Å². The minimum Gasteiger partial charge on any atom is -0.311 e. The molecule has 0 fully saturated rings. The first-order valence-electron chi connectivity index (χ1n) is 50.7. The SMILES string of the molecule is CC1(C)c2ccccc2N(c2cc3c4c(c2)-c2ccccc2SB4Sc2ccccc2-3)c2ccc(-n3c4ccccc4c4ccccc43)cc21.CC1(C)c2ccccc2N(c2ccccc2)c2ccc(-c3ccc4c(c3)C(C)(C)c3ccccc3N4c3cc4c5c(c3)-c3ccccc3SB5Sc3ccccc3-4)cc21.C[Si]1(C)c2ccccc2N(c2cc3c4c(c2)-c2ccccc2SB4Sc2ccccc2-3)c2ccccc21. The molecular weight excluding hydrogens is 1900 g/mol. The molecule has 0 bridgehead atoms. The van der Waals surface area contributed by atoms with Crippen molar-refractivity contribution in [3.05, 3.63) is 470 Å².